The van der Waals surface area contributed by atoms with Gasteiger partial charge in [0.15, 0.2) is 0 Å². The highest BCUT2D eigenvalue weighted by Gasteiger charge is 2.00. The third kappa shape index (κ3) is 51.7. The van der Waals surface area contributed by atoms with Gasteiger partial charge in [-0.3, -0.25) is 9.59 Å². The molecule has 0 aliphatic heterocycles. The fraction of sp³-hybridized carbons (Fsp3) is 0.810. The van der Waals surface area contributed by atoms with Gasteiger partial charge in [0.25, 0.3) is 0 Å². The van der Waals surface area contributed by atoms with Crippen LogP contribution < -0.4 is 11.1 Å². The van der Waals surface area contributed by atoms with Crippen LogP contribution in [0.3, 0.4) is 0 Å². The molecule has 0 heterocycles. The van der Waals surface area contributed by atoms with Crippen molar-refractivity contribution in [2.45, 2.75) is 214 Å². The molecule has 0 aromatic rings. The summed E-state index contributed by atoms with van der Waals surface area (Å²) in [6, 6.07) is 0. The molecule has 4 nitrogen and oxygen atoms in total. The molecule has 2 amide bonds. The van der Waals surface area contributed by atoms with Gasteiger partial charge in [-0.15, -0.1) is 0 Å². The molecule has 0 aromatic heterocycles. The van der Waals surface area contributed by atoms with Crippen molar-refractivity contribution in [1.29, 1.82) is 0 Å². The van der Waals surface area contributed by atoms with Gasteiger partial charge in [-0.1, -0.05) is 180 Å². The zero-order valence-corrected chi connectivity index (χ0v) is 31.9. The van der Waals surface area contributed by atoms with Crippen LogP contribution in [0, 0.1) is 0 Å². The first-order chi connectivity index (χ1) is 22.6. The first-order valence-corrected chi connectivity index (χ1v) is 20.1. The van der Waals surface area contributed by atoms with E-state index < -0.39 is 0 Å². The molecule has 3 N–H and O–H groups in total. The fourth-order valence-corrected chi connectivity index (χ4v) is 5.02. The van der Waals surface area contributed by atoms with Crippen molar-refractivity contribution in [3.8, 4) is 0 Å². The summed E-state index contributed by atoms with van der Waals surface area (Å²) in [7, 11) is 0. The van der Waals surface area contributed by atoms with E-state index in [-0.39, 0.29) is 11.8 Å². The van der Waals surface area contributed by atoms with E-state index >= 15 is 0 Å². The summed E-state index contributed by atoms with van der Waals surface area (Å²) >= 11 is 0. The lowest BCUT2D eigenvalue weighted by atomic mass is 10.0. The van der Waals surface area contributed by atoms with Gasteiger partial charge in [-0.05, 0) is 57.8 Å². The fourth-order valence-electron chi connectivity index (χ4n) is 5.02. The largest absolute Gasteiger partial charge is 0.370 e. The Morgan fingerprint density at radius 1 is 0.457 bits per heavy atom. The Hall–Kier alpha value is -1.84. The minimum Gasteiger partial charge on any atom is -0.370 e. The summed E-state index contributed by atoms with van der Waals surface area (Å²) in [6.07, 6.45) is 47.4. The third-order valence-electron chi connectivity index (χ3n) is 7.92. The van der Waals surface area contributed by atoms with E-state index in [0.29, 0.717) is 6.42 Å². The second-order valence-corrected chi connectivity index (χ2v) is 12.5. The first-order valence-electron chi connectivity index (χ1n) is 20.1. The topological polar surface area (TPSA) is 72.2 Å². The Labute approximate surface area is 289 Å². The molecule has 0 aromatic carbocycles. The molecule has 0 spiro atoms. The summed E-state index contributed by atoms with van der Waals surface area (Å²) in [6.45, 7) is 11.6. The molecular formula is C42H82N2O2. The van der Waals surface area contributed by atoms with E-state index in [9.17, 15) is 9.59 Å². The number of carbonyl (C=O) groups is 2. The maximum atomic E-state index is 11.7. The van der Waals surface area contributed by atoms with Crippen molar-refractivity contribution < 1.29 is 9.59 Å². The number of rotatable bonds is 32. The lowest BCUT2D eigenvalue weighted by Gasteiger charge is -2.05. The van der Waals surface area contributed by atoms with Crippen LogP contribution in [-0.2, 0) is 9.59 Å². The van der Waals surface area contributed by atoms with Crippen LogP contribution in [0.25, 0.3) is 0 Å². The van der Waals surface area contributed by atoms with E-state index in [1.807, 2.05) is 13.8 Å². The summed E-state index contributed by atoms with van der Waals surface area (Å²) < 4.78 is 0. The van der Waals surface area contributed by atoms with Gasteiger partial charge in [-0.25, -0.2) is 0 Å². The van der Waals surface area contributed by atoms with E-state index in [4.69, 9.17) is 5.73 Å². The molecule has 0 atom stereocenters. The molecule has 4 heteroatoms. The molecule has 0 bridgehead atoms. The highest BCUT2D eigenvalue weighted by Crippen LogP contribution is 2.13. The van der Waals surface area contributed by atoms with Gasteiger partial charge in [0.05, 0.1) is 0 Å². The molecule has 0 saturated heterocycles. The van der Waals surface area contributed by atoms with E-state index in [1.165, 1.54) is 122 Å². The Morgan fingerprint density at radius 2 is 0.804 bits per heavy atom. The molecule has 0 radical (unpaired) electrons. The summed E-state index contributed by atoms with van der Waals surface area (Å²) in [5, 5.41) is 3.05. The minimum absolute atomic E-state index is 0.195. The second kappa shape index (κ2) is 47.6. The first kappa shape index (κ1) is 48.6. The molecule has 0 saturated carbocycles. The number of carbonyl (C=O) groups excluding carboxylic acids is 2. The molecule has 272 valence electrons. The van der Waals surface area contributed by atoms with Crippen molar-refractivity contribution in [3.05, 3.63) is 36.5 Å². The highest BCUT2D eigenvalue weighted by molar-refractivity contribution is 5.75. The molecule has 0 unspecified atom stereocenters. The molecular weight excluding hydrogens is 564 g/mol. The summed E-state index contributed by atoms with van der Waals surface area (Å²) in [5.41, 5.74) is 5.08. The Morgan fingerprint density at radius 3 is 1.26 bits per heavy atom. The Bertz CT molecular complexity index is 669. The number of primary amides is 1. The number of hydrogen-bond donors (Lipinski definition) is 2. The number of amides is 2. The summed E-state index contributed by atoms with van der Waals surface area (Å²) in [5.74, 6) is 0.0641. The predicted octanol–water partition coefficient (Wildman–Crippen LogP) is 13.3. The van der Waals surface area contributed by atoms with Gasteiger partial charge in [-0.2, -0.15) is 0 Å². The van der Waals surface area contributed by atoms with Gasteiger partial charge < -0.3 is 11.1 Å². The number of unbranched alkanes of at least 4 members (excludes halogenated alkanes) is 20. The molecule has 0 aliphatic carbocycles. The maximum absolute atomic E-state index is 11.7. The number of nitrogens with one attached hydrogen (secondary N) is 1. The standard InChI is InChI=1S/C22H45NO.C18H31NO.C2H6/c1-3-5-7-9-10-11-12-13-14-15-16-17-18-20-22(24)23-21-19-8-6-4-2;1-2-3-4-5-6-7-8-9-10-11-12-13-14-15-16-17-18(19)20;1-2/h3-21H2,1-2H3,(H,23,24);6-7,9-10,12-13H,2-5,8,11,14-17H2,1H3,(H2,19,20);1-2H3/b;7-6-,10-9-,13-12-;. The third-order valence-corrected chi connectivity index (χ3v) is 7.92. The lowest BCUT2D eigenvalue weighted by molar-refractivity contribution is -0.121. The van der Waals surface area contributed by atoms with Crippen molar-refractivity contribution in [2.75, 3.05) is 6.54 Å². The SMILES string of the molecule is CC.CCCCC/C=C\C/C=C\C/C=C\CCCCC(N)=O.CCCCCCCCCCCCCCCC(=O)NCCCCCC. The van der Waals surface area contributed by atoms with Gasteiger partial charge in [0.2, 0.25) is 11.8 Å². The van der Waals surface area contributed by atoms with Crippen LogP contribution in [0.2, 0.25) is 0 Å². The average Bonchev–Trinajstić information content (AvgIpc) is 3.06. The molecule has 0 fully saturated rings. The maximum Gasteiger partial charge on any atom is 0.219 e. The Kier molecular flexibility index (Phi) is 50.2. The number of nitrogens with two attached hydrogens (primary N) is 1. The summed E-state index contributed by atoms with van der Waals surface area (Å²) in [4.78, 5) is 22.2. The van der Waals surface area contributed by atoms with Crippen LogP contribution >= 0.6 is 0 Å². The van der Waals surface area contributed by atoms with Gasteiger partial charge in [0, 0.05) is 19.4 Å². The van der Waals surface area contributed by atoms with Crippen molar-refractivity contribution in [2.24, 2.45) is 5.73 Å². The van der Waals surface area contributed by atoms with E-state index in [2.05, 4.69) is 62.5 Å². The Balaban J connectivity index is -0.000000774. The number of allylic oxidation sites excluding steroid dienone is 6. The van der Waals surface area contributed by atoms with Gasteiger partial charge in [0.1, 0.15) is 0 Å². The van der Waals surface area contributed by atoms with Crippen LogP contribution in [0.5, 0.6) is 0 Å². The minimum atomic E-state index is -0.195. The second-order valence-electron chi connectivity index (χ2n) is 12.5. The highest BCUT2D eigenvalue weighted by atomic mass is 16.1. The van der Waals surface area contributed by atoms with E-state index in [0.717, 1.165) is 57.9 Å². The van der Waals surface area contributed by atoms with Crippen molar-refractivity contribution >= 4 is 11.8 Å². The normalized spacial score (nSPS) is 11.1. The zero-order valence-electron chi connectivity index (χ0n) is 31.9. The average molecular weight is 647 g/mol. The molecule has 0 rings (SSSR count). The molecule has 0 aliphatic rings. The monoisotopic (exact) mass is 647 g/mol. The predicted molar refractivity (Wildman–Crippen MR) is 207 cm³/mol. The quantitative estimate of drug-likeness (QED) is 0.0564. The smallest absolute Gasteiger partial charge is 0.219 e. The van der Waals surface area contributed by atoms with Crippen LogP contribution in [0.15, 0.2) is 36.5 Å². The van der Waals surface area contributed by atoms with Crippen LogP contribution in [0.4, 0.5) is 0 Å². The number of hydrogen-bond acceptors (Lipinski definition) is 2. The van der Waals surface area contributed by atoms with Crippen molar-refractivity contribution in [3.63, 3.8) is 0 Å². The molecule has 46 heavy (non-hydrogen) atoms. The van der Waals surface area contributed by atoms with Gasteiger partial charge >= 0.3 is 0 Å². The van der Waals surface area contributed by atoms with Crippen LogP contribution in [-0.4, -0.2) is 18.4 Å². The lowest BCUT2D eigenvalue weighted by Crippen LogP contribution is -2.23. The van der Waals surface area contributed by atoms with E-state index in [1.54, 1.807) is 0 Å². The van der Waals surface area contributed by atoms with Crippen LogP contribution in [0.1, 0.15) is 214 Å². The zero-order chi connectivity index (χ0) is 34.6. The van der Waals surface area contributed by atoms with Crippen molar-refractivity contribution in [1.82, 2.24) is 5.32 Å².